The number of likely N-dealkylation sites (tertiary alicyclic amines) is 1. The van der Waals surface area contributed by atoms with Crippen molar-refractivity contribution in [2.24, 2.45) is 5.92 Å². The molecule has 1 aromatic rings. The lowest BCUT2D eigenvalue weighted by Crippen LogP contribution is -2.47. The van der Waals surface area contributed by atoms with Crippen LogP contribution in [0, 0.1) is 5.92 Å². The largest absolute Gasteiger partial charge is 0.353 e. The lowest BCUT2D eigenvalue weighted by atomic mass is 10.0. The lowest BCUT2D eigenvalue weighted by molar-refractivity contribution is -0.135. The minimum absolute atomic E-state index is 0.0152. The molecule has 1 fully saturated rings. The topological polar surface area (TPSA) is 66.5 Å². The molecule has 1 heterocycles. The highest BCUT2D eigenvalue weighted by atomic mass is 16.2. The molecule has 1 aliphatic carbocycles. The predicted octanol–water partition coefficient (Wildman–Crippen LogP) is 2.90. The summed E-state index contributed by atoms with van der Waals surface area (Å²) in [5.41, 5.74) is 3.36. The average molecular weight is 370 g/mol. The second-order valence-electron chi connectivity index (χ2n) is 8.08. The van der Waals surface area contributed by atoms with Gasteiger partial charge in [0.15, 0.2) is 5.78 Å². The fourth-order valence-corrected chi connectivity index (χ4v) is 4.03. The van der Waals surface area contributed by atoms with Gasteiger partial charge in [-0.3, -0.25) is 14.4 Å². The molecule has 0 aromatic heterocycles. The molecule has 0 saturated carbocycles. The molecule has 1 aliphatic heterocycles. The van der Waals surface area contributed by atoms with Gasteiger partial charge in [-0.25, -0.2) is 0 Å². The van der Waals surface area contributed by atoms with E-state index in [0.29, 0.717) is 13.1 Å². The minimum Gasteiger partial charge on any atom is -0.353 e. The van der Waals surface area contributed by atoms with Crippen LogP contribution in [-0.4, -0.2) is 41.6 Å². The molecule has 146 valence electrons. The Morgan fingerprint density at radius 1 is 1.07 bits per heavy atom. The van der Waals surface area contributed by atoms with Crippen LogP contribution >= 0.6 is 0 Å². The van der Waals surface area contributed by atoms with Gasteiger partial charge in [-0.05, 0) is 49.3 Å². The molecule has 2 amide bonds. The van der Waals surface area contributed by atoms with E-state index < -0.39 is 0 Å². The molecular weight excluding hydrogens is 340 g/mol. The Balaban J connectivity index is 1.41. The van der Waals surface area contributed by atoms with E-state index in [9.17, 15) is 14.4 Å². The number of piperidine rings is 1. The highest BCUT2D eigenvalue weighted by Crippen LogP contribution is 2.23. The molecular formula is C22H30N2O3. The first-order chi connectivity index (χ1) is 12.9. The molecule has 0 bridgehead atoms. The number of hydrogen-bond acceptors (Lipinski definition) is 3. The van der Waals surface area contributed by atoms with Crippen LogP contribution in [0.15, 0.2) is 18.2 Å². The smallest absolute Gasteiger partial charge is 0.225 e. The maximum Gasteiger partial charge on any atom is 0.225 e. The van der Waals surface area contributed by atoms with E-state index >= 15 is 0 Å². The first-order valence-electron chi connectivity index (χ1n) is 10.2. The third-order valence-electron chi connectivity index (χ3n) is 5.67. The Labute approximate surface area is 161 Å². The summed E-state index contributed by atoms with van der Waals surface area (Å²) in [4.78, 5) is 38.5. The molecule has 0 spiro atoms. The molecule has 3 rings (SSSR count). The fourth-order valence-electron chi connectivity index (χ4n) is 4.03. The quantitative estimate of drug-likeness (QED) is 0.783. The normalized spacial score (nSPS) is 17.1. The number of amides is 2. The van der Waals surface area contributed by atoms with E-state index in [1.165, 1.54) is 11.1 Å². The van der Waals surface area contributed by atoms with E-state index in [1.54, 1.807) is 0 Å². The van der Waals surface area contributed by atoms with Crippen LogP contribution in [0.25, 0.3) is 0 Å². The van der Waals surface area contributed by atoms with Crippen molar-refractivity contribution in [2.45, 2.75) is 64.8 Å². The third kappa shape index (κ3) is 4.96. The Kier molecular flexibility index (Phi) is 6.30. The zero-order chi connectivity index (χ0) is 19.4. The van der Waals surface area contributed by atoms with Gasteiger partial charge >= 0.3 is 0 Å². The molecule has 0 unspecified atom stereocenters. The summed E-state index contributed by atoms with van der Waals surface area (Å²) in [6, 6.07) is 6.06. The summed E-state index contributed by atoms with van der Waals surface area (Å²) < 4.78 is 0. The lowest BCUT2D eigenvalue weighted by Gasteiger charge is -2.33. The van der Waals surface area contributed by atoms with Crippen LogP contribution in [0.4, 0.5) is 0 Å². The summed E-state index contributed by atoms with van der Waals surface area (Å²) in [5, 5.41) is 3.03. The highest BCUT2D eigenvalue weighted by molar-refractivity contribution is 5.98. The second-order valence-corrected chi connectivity index (χ2v) is 8.08. The van der Waals surface area contributed by atoms with Crippen molar-refractivity contribution in [3.05, 3.63) is 34.9 Å². The van der Waals surface area contributed by atoms with Crippen molar-refractivity contribution in [1.29, 1.82) is 0 Å². The van der Waals surface area contributed by atoms with E-state index in [0.717, 1.165) is 37.7 Å². The maximum atomic E-state index is 12.4. The van der Waals surface area contributed by atoms with E-state index in [4.69, 9.17) is 0 Å². The number of nitrogens with zero attached hydrogens (tertiary/aromatic N) is 1. The molecule has 27 heavy (non-hydrogen) atoms. The standard InChI is InChI=1S/C22H30N2O3/c1-15(2)22(27)24-12-10-19(11-13-24)23-21(26)9-8-20(25)18-7-6-16-4-3-5-17(16)14-18/h6-7,14-15,19H,3-5,8-13H2,1-2H3,(H,23,26). The fraction of sp³-hybridized carbons (Fsp3) is 0.591. The van der Waals surface area contributed by atoms with Crippen LogP contribution in [-0.2, 0) is 22.4 Å². The number of carbonyl (C=O) groups excluding carboxylic acids is 3. The average Bonchev–Trinajstić information content (AvgIpc) is 3.13. The van der Waals surface area contributed by atoms with Crippen LogP contribution in [0.5, 0.6) is 0 Å². The minimum atomic E-state index is -0.0712. The number of hydrogen-bond donors (Lipinski definition) is 1. The SMILES string of the molecule is CC(C)C(=O)N1CCC(NC(=O)CCC(=O)c2ccc3c(c2)CCC3)CC1. The van der Waals surface area contributed by atoms with Gasteiger partial charge in [-0.2, -0.15) is 0 Å². The monoisotopic (exact) mass is 370 g/mol. The molecule has 1 aromatic carbocycles. The molecule has 5 heteroatoms. The summed E-state index contributed by atoms with van der Waals surface area (Å²) in [6.07, 6.45) is 5.35. The van der Waals surface area contributed by atoms with Gasteiger partial charge < -0.3 is 10.2 Å². The van der Waals surface area contributed by atoms with Gasteiger partial charge in [0.05, 0.1) is 0 Å². The Hall–Kier alpha value is -2.17. The van der Waals surface area contributed by atoms with Crippen LogP contribution in [0.3, 0.4) is 0 Å². The Bertz CT molecular complexity index is 718. The summed E-state index contributed by atoms with van der Waals surface area (Å²) in [7, 11) is 0. The van der Waals surface area contributed by atoms with Crippen molar-refractivity contribution < 1.29 is 14.4 Å². The van der Waals surface area contributed by atoms with E-state index in [2.05, 4.69) is 11.4 Å². The van der Waals surface area contributed by atoms with E-state index in [-0.39, 0.29) is 42.4 Å². The first kappa shape index (κ1) is 19.6. The van der Waals surface area contributed by atoms with Crippen LogP contribution in [0.2, 0.25) is 0 Å². The van der Waals surface area contributed by atoms with Gasteiger partial charge in [0, 0.05) is 43.5 Å². The molecule has 1 saturated heterocycles. The summed E-state index contributed by atoms with van der Waals surface area (Å²) >= 11 is 0. The number of ketones is 1. The van der Waals surface area contributed by atoms with Gasteiger partial charge in [-0.15, -0.1) is 0 Å². The summed E-state index contributed by atoms with van der Waals surface area (Å²) in [6.45, 7) is 5.20. The third-order valence-corrected chi connectivity index (χ3v) is 5.67. The molecule has 2 aliphatic rings. The highest BCUT2D eigenvalue weighted by Gasteiger charge is 2.25. The molecule has 5 nitrogen and oxygen atoms in total. The van der Waals surface area contributed by atoms with Gasteiger partial charge in [0.2, 0.25) is 11.8 Å². The number of nitrogens with one attached hydrogen (secondary N) is 1. The first-order valence-corrected chi connectivity index (χ1v) is 10.2. The second kappa shape index (κ2) is 8.68. The van der Waals surface area contributed by atoms with Gasteiger partial charge in [-0.1, -0.05) is 26.0 Å². The Morgan fingerprint density at radius 3 is 2.48 bits per heavy atom. The number of carbonyl (C=O) groups is 3. The Morgan fingerprint density at radius 2 is 1.78 bits per heavy atom. The maximum absolute atomic E-state index is 12.4. The van der Waals surface area contributed by atoms with Crippen molar-refractivity contribution >= 4 is 17.6 Å². The number of rotatable bonds is 6. The number of aryl methyl sites for hydroxylation is 2. The molecule has 0 radical (unpaired) electrons. The van der Waals surface area contributed by atoms with Crippen molar-refractivity contribution in [1.82, 2.24) is 10.2 Å². The zero-order valence-corrected chi connectivity index (χ0v) is 16.4. The number of Topliss-reactive ketones (excluding diaryl/α,β-unsaturated/α-hetero) is 1. The molecule has 0 atom stereocenters. The van der Waals surface area contributed by atoms with E-state index in [1.807, 2.05) is 30.9 Å². The van der Waals surface area contributed by atoms with Crippen LogP contribution in [0.1, 0.15) is 67.4 Å². The number of fused-ring (bicyclic) bond motifs is 1. The predicted molar refractivity (Wildman–Crippen MR) is 105 cm³/mol. The van der Waals surface area contributed by atoms with Gasteiger partial charge in [0.1, 0.15) is 0 Å². The van der Waals surface area contributed by atoms with Crippen molar-refractivity contribution in [3.63, 3.8) is 0 Å². The summed E-state index contributed by atoms with van der Waals surface area (Å²) in [5.74, 6) is 0.163. The molecule has 1 N–H and O–H groups in total. The van der Waals surface area contributed by atoms with Gasteiger partial charge in [0.25, 0.3) is 0 Å². The number of benzene rings is 1. The van der Waals surface area contributed by atoms with Crippen molar-refractivity contribution in [2.75, 3.05) is 13.1 Å². The zero-order valence-electron chi connectivity index (χ0n) is 16.4. The van der Waals surface area contributed by atoms with Crippen molar-refractivity contribution in [3.8, 4) is 0 Å². The van der Waals surface area contributed by atoms with Crippen LogP contribution < -0.4 is 5.32 Å².